The molecule has 0 radical (unpaired) electrons. The summed E-state index contributed by atoms with van der Waals surface area (Å²) < 4.78 is 0. The van der Waals surface area contributed by atoms with Crippen molar-refractivity contribution < 1.29 is 0 Å². The van der Waals surface area contributed by atoms with Crippen LogP contribution >= 0.6 is 0 Å². The number of fused-ring (bicyclic) bond motifs is 1. The molecule has 0 bridgehead atoms. The van der Waals surface area contributed by atoms with Crippen LogP contribution in [0.5, 0.6) is 0 Å². The van der Waals surface area contributed by atoms with E-state index in [0.29, 0.717) is 11.8 Å². The molecule has 0 spiro atoms. The molecule has 2 aromatic rings. The standard InChI is InChI=1S/C19H24N2/c1-20-14-19(11-15-5-4-10-21-13-15)18-9-8-16-6-2-3-7-17(16)12-18/h2-3,6-9,12-13,15,19-20H,4-5,10-11,14H2,1H3. The second-order valence-electron chi connectivity index (χ2n) is 6.05. The maximum absolute atomic E-state index is 4.47. The van der Waals surface area contributed by atoms with Crippen molar-refractivity contribution in [2.75, 3.05) is 20.1 Å². The Labute approximate surface area is 127 Å². The number of likely N-dealkylation sites (N-methyl/N-ethyl adjacent to an activating group) is 1. The number of nitrogens with one attached hydrogen (secondary N) is 1. The summed E-state index contributed by atoms with van der Waals surface area (Å²) in [6.07, 6.45) is 5.92. The fourth-order valence-corrected chi connectivity index (χ4v) is 3.33. The van der Waals surface area contributed by atoms with E-state index in [9.17, 15) is 0 Å². The van der Waals surface area contributed by atoms with Gasteiger partial charge in [-0.2, -0.15) is 0 Å². The predicted octanol–water partition coefficient (Wildman–Crippen LogP) is 4.01. The zero-order chi connectivity index (χ0) is 14.5. The summed E-state index contributed by atoms with van der Waals surface area (Å²) in [5.74, 6) is 1.21. The van der Waals surface area contributed by atoms with E-state index in [-0.39, 0.29) is 0 Å². The third-order valence-electron chi connectivity index (χ3n) is 4.46. The van der Waals surface area contributed by atoms with E-state index in [1.54, 1.807) is 0 Å². The summed E-state index contributed by atoms with van der Waals surface area (Å²) in [4.78, 5) is 4.47. The average Bonchev–Trinajstić information content (AvgIpc) is 2.55. The Morgan fingerprint density at radius 3 is 2.81 bits per heavy atom. The molecule has 0 aliphatic carbocycles. The van der Waals surface area contributed by atoms with Crippen LogP contribution in [0.3, 0.4) is 0 Å². The zero-order valence-corrected chi connectivity index (χ0v) is 12.8. The fraction of sp³-hybridized carbons (Fsp3) is 0.421. The van der Waals surface area contributed by atoms with Crippen LogP contribution in [0.1, 0.15) is 30.7 Å². The molecule has 0 amide bonds. The van der Waals surface area contributed by atoms with Crippen molar-refractivity contribution in [3.63, 3.8) is 0 Å². The summed E-state index contributed by atoms with van der Waals surface area (Å²) in [7, 11) is 2.04. The lowest BCUT2D eigenvalue weighted by molar-refractivity contribution is 0.472. The molecule has 21 heavy (non-hydrogen) atoms. The van der Waals surface area contributed by atoms with Crippen LogP contribution in [0.4, 0.5) is 0 Å². The van der Waals surface area contributed by atoms with Crippen molar-refractivity contribution >= 4 is 17.0 Å². The second kappa shape index (κ2) is 6.86. The molecule has 2 atom stereocenters. The zero-order valence-electron chi connectivity index (χ0n) is 12.8. The van der Waals surface area contributed by atoms with Crippen LogP contribution in [0.2, 0.25) is 0 Å². The van der Waals surface area contributed by atoms with Gasteiger partial charge in [-0.15, -0.1) is 0 Å². The van der Waals surface area contributed by atoms with Gasteiger partial charge in [-0.1, -0.05) is 42.5 Å². The lowest BCUT2D eigenvalue weighted by Crippen LogP contribution is -2.21. The molecule has 1 heterocycles. The van der Waals surface area contributed by atoms with Crippen LogP contribution < -0.4 is 5.32 Å². The van der Waals surface area contributed by atoms with E-state index in [4.69, 9.17) is 0 Å². The molecule has 2 nitrogen and oxygen atoms in total. The van der Waals surface area contributed by atoms with E-state index in [0.717, 1.165) is 13.1 Å². The van der Waals surface area contributed by atoms with Crippen molar-refractivity contribution in [3.8, 4) is 0 Å². The Morgan fingerprint density at radius 1 is 1.19 bits per heavy atom. The molecule has 2 heteroatoms. The smallest absolute Gasteiger partial charge is 0.0385 e. The Hall–Kier alpha value is -1.67. The molecular weight excluding hydrogens is 256 g/mol. The SMILES string of the molecule is CNCC(CC1C=NCCC1)c1ccc2ccccc2c1. The third kappa shape index (κ3) is 3.51. The van der Waals surface area contributed by atoms with Crippen molar-refractivity contribution in [2.24, 2.45) is 10.9 Å². The number of benzene rings is 2. The van der Waals surface area contributed by atoms with Gasteiger partial charge >= 0.3 is 0 Å². The molecule has 2 aromatic carbocycles. The highest BCUT2D eigenvalue weighted by Crippen LogP contribution is 2.28. The van der Waals surface area contributed by atoms with Crippen LogP contribution in [0.15, 0.2) is 47.5 Å². The molecule has 1 aliphatic heterocycles. The summed E-state index contributed by atoms with van der Waals surface area (Å²) >= 11 is 0. The van der Waals surface area contributed by atoms with Crippen LogP contribution in [-0.4, -0.2) is 26.4 Å². The average molecular weight is 280 g/mol. The van der Waals surface area contributed by atoms with Gasteiger partial charge in [0.1, 0.15) is 0 Å². The summed E-state index contributed by atoms with van der Waals surface area (Å²) in [6.45, 7) is 2.05. The molecule has 0 fully saturated rings. The molecule has 0 saturated carbocycles. The maximum atomic E-state index is 4.47. The largest absolute Gasteiger partial charge is 0.319 e. The van der Waals surface area contributed by atoms with Gasteiger partial charge in [0, 0.05) is 19.3 Å². The number of hydrogen-bond donors (Lipinski definition) is 1. The Kier molecular flexibility index (Phi) is 4.66. The van der Waals surface area contributed by atoms with Crippen molar-refractivity contribution in [1.82, 2.24) is 5.32 Å². The van der Waals surface area contributed by atoms with E-state index < -0.39 is 0 Å². The highest BCUT2D eigenvalue weighted by molar-refractivity contribution is 5.83. The second-order valence-corrected chi connectivity index (χ2v) is 6.05. The van der Waals surface area contributed by atoms with Crippen LogP contribution in [0.25, 0.3) is 10.8 Å². The number of hydrogen-bond acceptors (Lipinski definition) is 2. The first-order valence-electron chi connectivity index (χ1n) is 8.00. The maximum Gasteiger partial charge on any atom is 0.0385 e. The summed E-state index contributed by atoms with van der Waals surface area (Å²) in [6, 6.07) is 15.5. The summed E-state index contributed by atoms with van der Waals surface area (Å²) in [5, 5.41) is 6.02. The number of nitrogens with zero attached hydrogens (tertiary/aromatic N) is 1. The van der Waals surface area contributed by atoms with E-state index in [1.165, 1.54) is 35.6 Å². The minimum atomic E-state index is 0.564. The van der Waals surface area contributed by atoms with Gasteiger partial charge in [-0.3, -0.25) is 4.99 Å². The molecule has 2 unspecified atom stereocenters. The predicted molar refractivity (Wildman–Crippen MR) is 91.3 cm³/mol. The quantitative estimate of drug-likeness (QED) is 0.879. The minimum absolute atomic E-state index is 0.564. The molecule has 1 N–H and O–H groups in total. The third-order valence-corrected chi connectivity index (χ3v) is 4.46. The van der Waals surface area contributed by atoms with E-state index in [1.807, 2.05) is 7.05 Å². The molecule has 0 aromatic heterocycles. The van der Waals surface area contributed by atoms with Crippen molar-refractivity contribution in [2.45, 2.75) is 25.2 Å². The first-order chi connectivity index (χ1) is 10.4. The van der Waals surface area contributed by atoms with Crippen LogP contribution in [0, 0.1) is 5.92 Å². The Morgan fingerprint density at radius 2 is 2.05 bits per heavy atom. The highest BCUT2D eigenvalue weighted by Gasteiger charge is 2.18. The van der Waals surface area contributed by atoms with Gasteiger partial charge in [0.15, 0.2) is 0 Å². The monoisotopic (exact) mass is 280 g/mol. The lowest BCUT2D eigenvalue weighted by Gasteiger charge is -2.23. The fourth-order valence-electron chi connectivity index (χ4n) is 3.33. The molecule has 110 valence electrons. The summed E-state index contributed by atoms with van der Waals surface area (Å²) in [5.41, 5.74) is 1.45. The van der Waals surface area contributed by atoms with E-state index >= 15 is 0 Å². The topological polar surface area (TPSA) is 24.4 Å². The van der Waals surface area contributed by atoms with Gasteiger partial charge in [0.25, 0.3) is 0 Å². The Bertz CT molecular complexity index is 618. The normalized spacial score (nSPS) is 19.8. The number of rotatable bonds is 5. The lowest BCUT2D eigenvalue weighted by atomic mass is 9.85. The van der Waals surface area contributed by atoms with Crippen molar-refractivity contribution in [1.29, 1.82) is 0 Å². The molecule has 1 aliphatic rings. The van der Waals surface area contributed by atoms with E-state index in [2.05, 4.69) is 59.0 Å². The first-order valence-corrected chi connectivity index (χ1v) is 8.00. The highest BCUT2D eigenvalue weighted by atomic mass is 14.8. The van der Waals surface area contributed by atoms with Gasteiger partial charge in [-0.05, 0) is 54.5 Å². The van der Waals surface area contributed by atoms with Crippen molar-refractivity contribution in [3.05, 3.63) is 48.0 Å². The first kappa shape index (κ1) is 14.3. The van der Waals surface area contributed by atoms with Crippen LogP contribution in [-0.2, 0) is 0 Å². The van der Waals surface area contributed by atoms with Gasteiger partial charge < -0.3 is 5.32 Å². The Balaban J connectivity index is 1.83. The number of aliphatic imine (C=N–C) groups is 1. The molecule has 3 rings (SSSR count). The molecule has 0 saturated heterocycles. The minimum Gasteiger partial charge on any atom is -0.319 e. The van der Waals surface area contributed by atoms with Gasteiger partial charge in [-0.25, -0.2) is 0 Å². The molecular formula is C19H24N2. The van der Waals surface area contributed by atoms with Gasteiger partial charge in [0.05, 0.1) is 0 Å². The van der Waals surface area contributed by atoms with Gasteiger partial charge in [0.2, 0.25) is 0 Å².